The molecule has 7 nitrogen and oxygen atoms in total. The molecule has 0 radical (unpaired) electrons. The quantitative estimate of drug-likeness (QED) is 0.812. The molecular formula is C18H25NO6. The van der Waals surface area contributed by atoms with E-state index < -0.39 is 5.97 Å². The molecule has 138 valence electrons. The first-order valence-electron chi connectivity index (χ1n) is 8.31. The van der Waals surface area contributed by atoms with Crippen molar-refractivity contribution in [3.05, 3.63) is 17.7 Å². The highest BCUT2D eigenvalue weighted by Crippen LogP contribution is 2.35. The van der Waals surface area contributed by atoms with E-state index in [4.69, 9.17) is 19.3 Å². The normalized spacial score (nSPS) is 17.1. The van der Waals surface area contributed by atoms with Gasteiger partial charge in [0.15, 0.2) is 11.5 Å². The minimum Gasteiger partial charge on any atom is -0.496 e. The fourth-order valence-corrected chi connectivity index (χ4v) is 3.18. The molecule has 1 N–H and O–H groups in total. The fourth-order valence-electron chi connectivity index (χ4n) is 3.18. The maximum absolute atomic E-state index is 13.0. The van der Waals surface area contributed by atoms with Crippen LogP contribution in [0.3, 0.4) is 0 Å². The van der Waals surface area contributed by atoms with E-state index in [1.807, 2.05) is 0 Å². The number of hydrogen-bond acceptors (Lipinski definition) is 5. The van der Waals surface area contributed by atoms with Crippen molar-refractivity contribution in [1.82, 2.24) is 4.90 Å². The molecule has 0 saturated carbocycles. The lowest BCUT2D eigenvalue weighted by Crippen LogP contribution is -2.40. The molecule has 1 amide bonds. The molecule has 0 aliphatic carbocycles. The zero-order valence-electron chi connectivity index (χ0n) is 14.9. The van der Waals surface area contributed by atoms with Crippen LogP contribution in [0.1, 0.15) is 36.0 Å². The van der Waals surface area contributed by atoms with Crippen molar-refractivity contribution in [3.8, 4) is 17.2 Å². The summed E-state index contributed by atoms with van der Waals surface area (Å²) in [6.45, 7) is 1.21. The molecule has 2 rings (SSSR count). The van der Waals surface area contributed by atoms with Gasteiger partial charge in [-0.25, -0.2) is 0 Å². The molecule has 1 fully saturated rings. The van der Waals surface area contributed by atoms with Crippen molar-refractivity contribution in [2.45, 2.75) is 25.7 Å². The van der Waals surface area contributed by atoms with Crippen LogP contribution in [0.25, 0.3) is 0 Å². The molecular weight excluding hydrogens is 326 g/mol. The van der Waals surface area contributed by atoms with Crippen molar-refractivity contribution in [1.29, 1.82) is 0 Å². The van der Waals surface area contributed by atoms with Gasteiger partial charge in [0.05, 0.1) is 26.9 Å². The second-order valence-electron chi connectivity index (χ2n) is 6.10. The second-order valence-corrected chi connectivity index (χ2v) is 6.10. The van der Waals surface area contributed by atoms with Crippen LogP contribution >= 0.6 is 0 Å². The summed E-state index contributed by atoms with van der Waals surface area (Å²) in [7, 11) is 4.54. The summed E-state index contributed by atoms with van der Waals surface area (Å²) >= 11 is 0. The highest BCUT2D eigenvalue weighted by Gasteiger charge is 2.27. The maximum atomic E-state index is 13.0. The Morgan fingerprint density at radius 2 is 1.76 bits per heavy atom. The summed E-state index contributed by atoms with van der Waals surface area (Å²) in [5.41, 5.74) is 0.416. The minimum absolute atomic E-state index is 0.131. The predicted octanol–water partition coefficient (Wildman–Crippen LogP) is 2.43. The number of carbonyl (C=O) groups excluding carboxylic acids is 1. The summed E-state index contributed by atoms with van der Waals surface area (Å²) in [5, 5.41) is 8.85. The van der Waals surface area contributed by atoms with Crippen LogP contribution < -0.4 is 14.2 Å². The van der Waals surface area contributed by atoms with Gasteiger partial charge in [-0.1, -0.05) is 0 Å². The predicted molar refractivity (Wildman–Crippen MR) is 91.6 cm³/mol. The van der Waals surface area contributed by atoms with Gasteiger partial charge < -0.3 is 24.2 Å². The van der Waals surface area contributed by atoms with Gasteiger partial charge in [-0.15, -0.1) is 0 Å². The molecule has 0 aromatic heterocycles. The van der Waals surface area contributed by atoms with E-state index in [-0.39, 0.29) is 18.2 Å². The number of methoxy groups -OCH3 is 3. The summed E-state index contributed by atoms with van der Waals surface area (Å²) in [5.74, 6) is 0.651. The summed E-state index contributed by atoms with van der Waals surface area (Å²) < 4.78 is 15.9. The first-order chi connectivity index (χ1) is 12.0. The summed E-state index contributed by atoms with van der Waals surface area (Å²) in [6.07, 6.45) is 2.53. The number of nitrogens with zero attached hydrogens (tertiary/aromatic N) is 1. The third-order valence-electron chi connectivity index (χ3n) is 4.51. The third kappa shape index (κ3) is 4.55. The van der Waals surface area contributed by atoms with Crippen LogP contribution in [-0.2, 0) is 4.79 Å². The number of hydrogen-bond donors (Lipinski definition) is 1. The smallest absolute Gasteiger partial charge is 0.303 e. The number of aliphatic carboxylic acids is 1. The first kappa shape index (κ1) is 18.9. The molecule has 1 aromatic rings. The average Bonchev–Trinajstić information content (AvgIpc) is 2.64. The Morgan fingerprint density at radius 3 is 2.36 bits per heavy atom. The Hall–Kier alpha value is -2.44. The Kier molecular flexibility index (Phi) is 6.50. The van der Waals surface area contributed by atoms with Crippen molar-refractivity contribution < 1.29 is 28.9 Å². The lowest BCUT2D eigenvalue weighted by molar-refractivity contribution is -0.137. The monoisotopic (exact) mass is 351 g/mol. The molecule has 1 saturated heterocycles. The van der Waals surface area contributed by atoms with Gasteiger partial charge in [-0.2, -0.15) is 0 Å². The number of piperidine rings is 1. The number of amides is 1. The average molecular weight is 351 g/mol. The van der Waals surface area contributed by atoms with Crippen molar-refractivity contribution >= 4 is 11.9 Å². The van der Waals surface area contributed by atoms with E-state index in [0.717, 1.165) is 12.8 Å². The van der Waals surface area contributed by atoms with E-state index >= 15 is 0 Å². The molecule has 0 spiro atoms. The van der Waals surface area contributed by atoms with Crippen LogP contribution in [0.2, 0.25) is 0 Å². The molecule has 1 aliphatic rings. The highest BCUT2D eigenvalue weighted by atomic mass is 16.5. The van der Waals surface area contributed by atoms with Crippen LogP contribution in [0, 0.1) is 5.92 Å². The van der Waals surface area contributed by atoms with Gasteiger partial charge in [0.25, 0.3) is 5.91 Å². The number of ether oxygens (including phenoxy) is 3. The van der Waals surface area contributed by atoms with Crippen molar-refractivity contribution in [3.63, 3.8) is 0 Å². The van der Waals surface area contributed by atoms with Gasteiger partial charge in [0, 0.05) is 31.6 Å². The third-order valence-corrected chi connectivity index (χ3v) is 4.51. The molecule has 1 aromatic carbocycles. The zero-order valence-corrected chi connectivity index (χ0v) is 14.9. The van der Waals surface area contributed by atoms with Gasteiger partial charge in [0.1, 0.15) is 5.75 Å². The topological polar surface area (TPSA) is 85.3 Å². The van der Waals surface area contributed by atoms with E-state index in [0.29, 0.717) is 42.3 Å². The molecule has 0 bridgehead atoms. The number of likely N-dealkylation sites (tertiary alicyclic amines) is 1. The van der Waals surface area contributed by atoms with Crippen molar-refractivity contribution in [2.75, 3.05) is 34.4 Å². The standard InChI is InChI=1S/C18H25NO6/c1-23-14-10-16(25-3)15(24-2)9-13(14)18(22)19-8-4-5-12(11-19)6-7-17(20)21/h9-10,12H,4-8,11H2,1-3H3,(H,20,21). The SMILES string of the molecule is COc1cc(OC)c(C(=O)N2CCCC(CCC(=O)O)C2)cc1OC. The van der Waals surface area contributed by atoms with Gasteiger partial charge in [0.2, 0.25) is 0 Å². The van der Waals surface area contributed by atoms with Gasteiger partial charge >= 0.3 is 5.97 Å². The fraction of sp³-hybridized carbons (Fsp3) is 0.556. The lowest BCUT2D eigenvalue weighted by Gasteiger charge is -2.33. The van der Waals surface area contributed by atoms with E-state index in [1.54, 1.807) is 17.0 Å². The van der Waals surface area contributed by atoms with Gasteiger partial charge in [-0.05, 0) is 25.2 Å². The zero-order chi connectivity index (χ0) is 18.4. The largest absolute Gasteiger partial charge is 0.496 e. The van der Waals surface area contributed by atoms with E-state index in [2.05, 4.69) is 0 Å². The summed E-state index contributed by atoms with van der Waals surface area (Å²) in [6, 6.07) is 3.26. The molecule has 1 heterocycles. The number of carbonyl (C=O) groups is 2. The van der Waals surface area contributed by atoms with E-state index in [9.17, 15) is 9.59 Å². The summed E-state index contributed by atoms with van der Waals surface area (Å²) in [4.78, 5) is 25.5. The Balaban J connectivity index is 2.19. The van der Waals surface area contributed by atoms with Crippen LogP contribution in [0.15, 0.2) is 12.1 Å². The Labute approximate surface area is 147 Å². The first-order valence-corrected chi connectivity index (χ1v) is 8.31. The van der Waals surface area contributed by atoms with Crippen LogP contribution in [0.5, 0.6) is 17.2 Å². The molecule has 1 aliphatic heterocycles. The molecule has 1 unspecified atom stereocenters. The number of rotatable bonds is 7. The second kappa shape index (κ2) is 8.60. The lowest BCUT2D eigenvalue weighted by atomic mass is 9.93. The van der Waals surface area contributed by atoms with Crippen LogP contribution in [-0.4, -0.2) is 56.3 Å². The molecule has 25 heavy (non-hydrogen) atoms. The van der Waals surface area contributed by atoms with Crippen molar-refractivity contribution in [2.24, 2.45) is 5.92 Å². The van der Waals surface area contributed by atoms with Gasteiger partial charge in [-0.3, -0.25) is 9.59 Å². The van der Waals surface area contributed by atoms with E-state index in [1.165, 1.54) is 21.3 Å². The minimum atomic E-state index is -0.801. The highest BCUT2D eigenvalue weighted by molar-refractivity contribution is 5.98. The molecule has 7 heteroatoms. The molecule has 1 atom stereocenters. The maximum Gasteiger partial charge on any atom is 0.303 e. The number of carboxylic acids is 1. The Morgan fingerprint density at radius 1 is 1.12 bits per heavy atom. The Bertz CT molecular complexity index is 630. The number of carboxylic acid groups (broad SMARTS) is 1. The number of benzene rings is 1. The van der Waals surface area contributed by atoms with Crippen LogP contribution in [0.4, 0.5) is 0 Å².